The summed E-state index contributed by atoms with van der Waals surface area (Å²) in [4.78, 5) is 11.1. The van der Waals surface area contributed by atoms with Crippen molar-refractivity contribution in [1.82, 2.24) is 0 Å². The normalized spacial score (nSPS) is 9.78. The van der Waals surface area contributed by atoms with Gasteiger partial charge in [0.1, 0.15) is 5.75 Å². The highest BCUT2D eigenvalue weighted by Crippen LogP contribution is 2.16. The molecule has 0 saturated carbocycles. The predicted molar refractivity (Wildman–Crippen MR) is 71.5 cm³/mol. The van der Waals surface area contributed by atoms with Gasteiger partial charge in [-0.1, -0.05) is 49.0 Å². The first-order valence-corrected chi connectivity index (χ1v) is 5.75. The van der Waals surface area contributed by atoms with Gasteiger partial charge in [-0.2, -0.15) is 0 Å². The number of esters is 1. The van der Waals surface area contributed by atoms with Crippen molar-refractivity contribution in [3.8, 4) is 5.75 Å². The number of hydrogen-bond donors (Lipinski definition) is 0. The van der Waals surface area contributed by atoms with Gasteiger partial charge >= 0.3 is 5.97 Å². The van der Waals surface area contributed by atoms with Crippen LogP contribution in [0.5, 0.6) is 5.75 Å². The monoisotopic (exact) mass is 238 g/mol. The Kier molecular flexibility index (Phi) is 3.92. The van der Waals surface area contributed by atoms with E-state index in [4.69, 9.17) is 4.74 Å². The average Bonchev–Trinajstić information content (AvgIpc) is 2.40. The first-order chi connectivity index (χ1) is 8.78. The summed E-state index contributed by atoms with van der Waals surface area (Å²) in [6.07, 6.45) is 1.98. The second kappa shape index (κ2) is 5.82. The number of carbonyl (C=O) groups excluding carboxylic acids is 1. The Morgan fingerprint density at radius 2 is 1.78 bits per heavy atom. The second-order valence-corrected chi connectivity index (χ2v) is 3.94. The molecule has 0 heterocycles. The molecule has 2 heteroatoms. The van der Waals surface area contributed by atoms with Gasteiger partial charge in [0.2, 0.25) is 0 Å². The first kappa shape index (κ1) is 12.1. The molecule has 0 fully saturated rings. The number of ether oxygens (including phenoxy) is 1. The molecule has 18 heavy (non-hydrogen) atoms. The molecule has 0 spiro atoms. The van der Waals surface area contributed by atoms with Gasteiger partial charge in [0.15, 0.2) is 0 Å². The molecule has 0 N–H and O–H groups in total. The third-order valence-electron chi connectivity index (χ3n) is 2.53. The van der Waals surface area contributed by atoms with E-state index in [9.17, 15) is 4.79 Å². The van der Waals surface area contributed by atoms with Gasteiger partial charge in [0.25, 0.3) is 0 Å². The Hall–Kier alpha value is -2.35. The zero-order valence-corrected chi connectivity index (χ0v) is 10.0. The van der Waals surface area contributed by atoms with Gasteiger partial charge in [-0.05, 0) is 29.7 Å². The fourth-order valence-electron chi connectivity index (χ4n) is 1.71. The summed E-state index contributed by atoms with van der Waals surface area (Å²) in [5, 5.41) is 0. The molecule has 0 amide bonds. The van der Waals surface area contributed by atoms with Crippen LogP contribution in [0.25, 0.3) is 0 Å². The molecule has 2 rings (SSSR count). The van der Waals surface area contributed by atoms with E-state index in [1.165, 1.54) is 5.56 Å². The molecule has 0 saturated heterocycles. The highest BCUT2D eigenvalue weighted by atomic mass is 16.5. The lowest BCUT2D eigenvalue weighted by atomic mass is 10.1. The summed E-state index contributed by atoms with van der Waals surface area (Å²) in [5.74, 6) is 0.111. The van der Waals surface area contributed by atoms with Crippen LogP contribution >= 0.6 is 0 Å². The molecule has 0 atom stereocenters. The molecule has 0 aliphatic carbocycles. The SMILES string of the molecule is C=CC(=O)Oc1cccc(Cc2ccccc2)c1. The second-order valence-electron chi connectivity index (χ2n) is 3.94. The highest BCUT2D eigenvalue weighted by molar-refractivity contribution is 5.83. The Labute approximate surface area is 107 Å². The average molecular weight is 238 g/mol. The van der Waals surface area contributed by atoms with Crippen LogP contribution in [0.1, 0.15) is 11.1 Å². The van der Waals surface area contributed by atoms with Gasteiger partial charge in [0.05, 0.1) is 0 Å². The van der Waals surface area contributed by atoms with Crippen LogP contribution in [0.4, 0.5) is 0 Å². The van der Waals surface area contributed by atoms with E-state index in [2.05, 4.69) is 18.7 Å². The summed E-state index contributed by atoms with van der Waals surface area (Å²) in [6, 6.07) is 17.7. The third-order valence-corrected chi connectivity index (χ3v) is 2.53. The van der Waals surface area contributed by atoms with Gasteiger partial charge in [-0.25, -0.2) is 4.79 Å². The van der Waals surface area contributed by atoms with Crippen molar-refractivity contribution in [2.24, 2.45) is 0 Å². The largest absolute Gasteiger partial charge is 0.423 e. The van der Waals surface area contributed by atoms with Crippen LogP contribution in [0.3, 0.4) is 0 Å². The van der Waals surface area contributed by atoms with E-state index < -0.39 is 5.97 Å². The Morgan fingerprint density at radius 1 is 1.06 bits per heavy atom. The lowest BCUT2D eigenvalue weighted by Crippen LogP contribution is -2.03. The van der Waals surface area contributed by atoms with E-state index in [1.54, 1.807) is 6.07 Å². The number of rotatable bonds is 4. The molecule has 0 unspecified atom stereocenters. The van der Waals surface area contributed by atoms with Gasteiger partial charge in [-0.3, -0.25) is 0 Å². The molecule has 90 valence electrons. The number of carbonyl (C=O) groups is 1. The molecular weight excluding hydrogens is 224 g/mol. The topological polar surface area (TPSA) is 26.3 Å². The number of hydrogen-bond acceptors (Lipinski definition) is 2. The summed E-state index contributed by atoms with van der Waals surface area (Å²) >= 11 is 0. The van der Waals surface area contributed by atoms with Gasteiger partial charge in [0, 0.05) is 6.08 Å². The smallest absolute Gasteiger partial charge is 0.335 e. The molecule has 2 aromatic carbocycles. The van der Waals surface area contributed by atoms with E-state index in [0.717, 1.165) is 18.1 Å². The van der Waals surface area contributed by atoms with E-state index in [-0.39, 0.29) is 0 Å². The summed E-state index contributed by atoms with van der Waals surface area (Å²) < 4.78 is 5.08. The van der Waals surface area contributed by atoms with Crippen LogP contribution in [0, 0.1) is 0 Å². The van der Waals surface area contributed by atoms with Crippen LogP contribution in [-0.2, 0) is 11.2 Å². The van der Waals surface area contributed by atoms with Crippen molar-refractivity contribution >= 4 is 5.97 Å². The van der Waals surface area contributed by atoms with Gasteiger partial charge < -0.3 is 4.74 Å². The molecule has 0 aliphatic rings. The maximum atomic E-state index is 11.1. The molecule has 2 nitrogen and oxygen atoms in total. The Balaban J connectivity index is 2.12. The van der Waals surface area contributed by atoms with Crippen molar-refractivity contribution in [3.05, 3.63) is 78.4 Å². The van der Waals surface area contributed by atoms with Crippen molar-refractivity contribution in [2.45, 2.75) is 6.42 Å². The zero-order chi connectivity index (χ0) is 12.8. The first-order valence-electron chi connectivity index (χ1n) is 5.75. The van der Waals surface area contributed by atoms with Crippen LogP contribution in [0.15, 0.2) is 67.3 Å². The molecule has 0 radical (unpaired) electrons. The fraction of sp³-hybridized carbons (Fsp3) is 0.0625. The van der Waals surface area contributed by atoms with E-state index >= 15 is 0 Å². The highest BCUT2D eigenvalue weighted by Gasteiger charge is 2.01. The standard InChI is InChI=1S/C16H14O2/c1-2-16(17)18-15-10-6-9-14(12-15)11-13-7-4-3-5-8-13/h2-10,12H,1,11H2. The van der Waals surface area contributed by atoms with Crippen molar-refractivity contribution in [2.75, 3.05) is 0 Å². The summed E-state index contributed by atoms with van der Waals surface area (Å²) in [5.41, 5.74) is 2.33. The lowest BCUT2D eigenvalue weighted by Gasteiger charge is -2.05. The third kappa shape index (κ3) is 3.32. The minimum absolute atomic E-state index is 0.438. The molecule has 0 bridgehead atoms. The maximum absolute atomic E-state index is 11.1. The maximum Gasteiger partial charge on any atom is 0.335 e. The van der Waals surface area contributed by atoms with Crippen LogP contribution in [-0.4, -0.2) is 5.97 Å². The summed E-state index contributed by atoms with van der Waals surface area (Å²) in [6.45, 7) is 3.37. The van der Waals surface area contributed by atoms with Crippen LogP contribution < -0.4 is 4.74 Å². The van der Waals surface area contributed by atoms with Crippen molar-refractivity contribution in [3.63, 3.8) is 0 Å². The summed E-state index contributed by atoms with van der Waals surface area (Å²) in [7, 11) is 0. The Morgan fingerprint density at radius 3 is 2.50 bits per heavy atom. The predicted octanol–water partition coefficient (Wildman–Crippen LogP) is 3.37. The fourth-order valence-corrected chi connectivity index (χ4v) is 1.71. The Bertz CT molecular complexity index is 544. The van der Waals surface area contributed by atoms with Gasteiger partial charge in [-0.15, -0.1) is 0 Å². The minimum atomic E-state index is -0.438. The van der Waals surface area contributed by atoms with Crippen LogP contribution in [0.2, 0.25) is 0 Å². The molecule has 0 aromatic heterocycles. The molecule has 0 aliphatic heterocycles. The van der Waals surface area contributed by atoms with Crippen molar-refractivity contribution in [1.29, 1.82) is 0 Å². The lowest BCUT2D eigenvalue weighted by molar-refractivity contribution is -0.128. The quantitative estimate of drug-likeness (QED) is 0.464. The van der Waals surface area contributed by atoms with E-state index in [1.807, 2.05) is 36.4 Å². The number of benzene rings is 2. The zero-order valence-electron chi connectivity index (χ0n) is 10.0. The van der Waals surface area contributed by atoms with Crippen molar-refractivity contribution < 1.29 is 9.53 Å². The van der Waals surface area contributed by atoms with E-state index in [0.29, 0.717) is 5.75 Å². The molecule has 2 aromatic rings. The molecular formula is C16H14O2. The minimum Gasteiger partial charge on any atom is -0.423 e.